The van der Waals surface area contributed by atoms with Crippen LogP contribution in [-0.4, -0.2) is 20.9 Å². The number of hydrogen-bond acceptors (Lipinski definition) is 2. The van der Waals surface area contributed by atoms with E-state index < -0.39 is 0 Å². The fourth-order valence-electron chi connectivity index (χ4n) is 0.638. The molecule has 0 saturated heterocycles. The molecule has 0 aliphatic rings. The van der Waals surface area contributed by atoms with Gasteiger partial charge < -0.3 is 0 Å². The molecule has 1 rings (SSSR count). The van der Waals surface area contributed by atoms with E-state index in [1.165, 1.54) is 11.3 Å². The second-order valence-corrected chi connectivity index (χ2v) is 4.38. The van der Waals surface area contributed by atoms with Crippen LogP contribution in [0.5, 0.6) is 0 Å². The van der Waals surface area contributed by atoms with E-state index in [0.717, 1.165) is 9.34 Å². The quantitative estimate of drug-likeness (QED) is 0.712. The molecule has 0 aromatic carbocycles. The summed E-state index contributed by atoms with van der Waals surface area (Å²) >= 11 is 1.80. The van der Waals surface area contributed by atoms with E-state index in [-0.39, 0.29) is 5.91 Å². The van der Waals surface area contributed by atoms with Gasteiger partial charge in [0.2, 0.25) is 0 Å². The Labute approximate surface area is 69.6 Å². The summed E-state index contributed by atoms with van der Waals surface area (Å²) in [6, 6.07) is 1.96. The molecule has 1 amide bonds. The summed E-state index contributed by atoms with van der Waals surface area (Å²) in [7, 11) is 0. The molecule has 0 spiro atoms. The van der Waals surface area contributed by atoms with Crippen LogP contribution in [0.4, 0.5) is 0 Å². The third-order valence-electron chi connectivity index (χ3n) is 1.07. The summed E-state index contributed by atoms with van der Waals surface area (Å²) in [5, 5.41) is 1.90. The molecule has 0 fully saturated rings. The SMILES string of the molecule is C[Se]c1ccsc1C(N)=O. The molecule has 0 aliphatic heterocycles. The van der Waals surface area contributed by atoms with E-state index >= 15 is 0 Å². The fourth-order valence-corrected chi connectivity index (χ4v) is 3.24. The van der Waals surface area contributed by atoms with Gasteiger partial charge in [-0.15, -0.1) is 0 Å². The van der Waals surface area contributed by atoms with Crippen molar-refractivity contribution in [1.82, 2.24) is 0 Å². The Morgan fingerprint density at radius 1 is 1.80 bits per heavy atom. The van der Waals surface area contributed by atoms with Gasteiger partial charge in [-0.25, -0.2) is 0 Å². The van der Waals surface area contributed by atoms with E-state index in [1.807, 2.05) is 11.4 Å². The van der Waals surface area contributed by atoms with Crippen LogP contribution >= 0.6 is 11.3 Å². The monoisotopic (exact) mass is 221 g/mol. The molecule has 2 nitrogen and oxygen atoms in total. The average molecular weight is 220 g/mol. The van der Waals surface area contributed by atoms with Gasteiger partial charge in [0, 0.05) is 0 Å². The van der Waals surface area contributed by atoms with E-state index in [4.69, 9.17) is 5.73 Å². The number of carbonyl (C=O) groups is 1. The average Bonchev–Trinajstić information content (AvgIpc) is 2.33. The van der Waals surface area contributed by atoms with Gasteiger partial charge in [-0.2, -0.15) is 0 Å². The van der Waals surface area contributed by atoms with Gasteiger partial charge in [0.05, 0.1) is 0 Å². The maximum atomic E-state index is 10.7. The Morgan fingerprint density at radius 2 is 2.50 bits per heavy atom. The summed E-state index contributed by atoms with van der Waals surface area (Å²) in [5.74, 6) is 1.77. The van der Waals surface area contributed by atoms with Gasteiger partial charge in [0.1, 0.15) is 0 Å². The third-order valence-corrected chi connectivity index (χ3v) is 3.93. The Morgan fingerprint density at radius 3 is 2.90 bits per heavy atom. The Hall–Kier alpha value is -0.311. The molecule has 0 bridgehead atoms. The van der Waals surface area contributed by atoms with Crippen LogP contribution in [-0.2, 0) is 0 Å². The number of nitrogens with two attached hydrogens (primary N) is 1. The van der Waals surface area contributed by atoms with Crippen molar-refractivity contribution in [2.75, 3.05) is 0 Å². The molecule has 4 heteroatoms. The van der Waals surface area contributed by atoms with Crippen molar-refractivity contribution in [3.63, 3.8) is 0 Å². The van der Waals surface area contributed by atoms with Crippen LogP contribution in [0.25, 0.3) is 0 Å². The van der Waals surface area contributed by atoms with Crippen molar-refractivity contribution in [3.8, 4) is 0 Å². The molecule has 0 aliphatic carbocycles. The van der Waals surface area contributed by atoms with Crippen LogP contribution in [0.15, 0.2) is 11.4 Å². The Kier molecular flexibility index (Phi) is 2.49. The number of thiophene rings is 1. The summed E-state index contributed by atoms with van der Waals surface area (Å²) in [6.45, 7) is 0. The number of amides is 1. The summed E-state index contributed by atoms with van der Waals surface area (Å²) in [4.78, 5) is 11.4. The molecule has 54 valence electrons. The second-order valence-electron chi connectivity index (χ2n) is 1.68. The van der Waals surface area contributed by atoms with Crippen LogP contribution < -0.4 is 10.2 Å². The van der Waals surface area contributed by atoms with E-state index in [0.29, 0.717) is 15.0 Å². The second kappa shape index (κ2) is 3.19. The Bertz CT molecular complexity index is 246. The zero-order valence-electron chi connectivity index (χ0n) is 5.46. The van der Waals surface area contributed by atoms with Crippen molar-refractivity contribution < 1.29 is 4.79 Å². The zero-order chi connectivity index (χ0) is 7.56. The molecule has 0 atom stereocenters. The van der Waals surface area contributed by atoms with Crippen molar-refractivity contribution in [2.24, 2.45) is 5.73 Å². The number of primary amides is 1. The summed E-state index contributed by atoms with van der Waals surface area (Å²) in [5.41, 5.74) is 5.12. The van der Waals surface area contributed by atoms with Crippen molar-refractivity contribution in [1.29, 1.82) is 0 Å². The number of carbonyl (C=O) groups excluding carboxylic acids is 1. The Balaban J connectivity index is 3.01. The number of hydrogen-bond donors (Lipinski definition) is 1. The molecule has 0 saturated carbocycles. The van der Waals surface area contributed by atoms with Crippen molar-refractivity contribution >= 4 is 36.7 Å². The fraction of sp³-hybridized carbons (Fsp3) is 0.167. The van der Waals surface area contributed by atoms with Gasteiger partial charge in [0.25, 0.3) is 0 Å². The van der Waals surface area contributed by atoms with Crippen molar-refractivity contribution in [2.45, 2.75) is 5.82 Å². The van der Waals surface area contributed by atoms with E-state index in [9.17, 15) is 4.79 Å². The minimum absolute atomic E-state index is 0.297. The predicted octanol–water partition coefficient (Wildman–Crippen LogP) is 0.225. The molecule has 0 radical (unpaired) electrons. The van der Waals surface area contributed by atoms with Crippen LogP contribution in [0.2, 0.25) is 5.82 Å². The first-order valence-corrected chi connectivity index (χ1v) is 6.12. The first-order chi connectivity index (χ1) is 4.75. The molecule has 1 aromatic rings. The normalized spacial score (nSPS) is 9.70. The zero-order valence-corrected chi connectivity index (χ0v) is 7.99. The molecule has 1 aromatic heterocycles. The van der Waals surface area contributed by atoms with Crippen LogP contribution in [0.1, 0.15) is 9.67 Å². The predicted molar refractivity (Wildman–Crippen MR) is 44.1 cm³/mol. The maximum absolute atomic E-state index is 10.7. The van der Waals surface area contributed by atoms with E-state index in [2.05, 4.69) is 5.82 Å². The number of rotatable bonds is 2. The van der Waals surface area contributed by atoms with Gasteiger partial charge in [-0.1, -0.05) is 0 Å². The molecule has 1 heterocycles. The van der Waals surface area contributed by atoms with Crippen molar-refractivity contribution in [3.05, 3.63) is 16.3 Å². The minimum atomic E-state index is -0.297. The first-order valence-electron chi connectivity index (χ1n) is 2.67. The molecule has 2 N–H and O–H groups in total. The van der Waals surface area contributed by atoms with Crippen LogP contribution in [0.3, 0.4) is 0 Å². The van der Waals surface area contributed by atoms with Gasteiger partial charge in [-0.3, -0.25) is 0 Å². The topological polar surface area (TPSA) is 43.1 Å². The molecular weight excluding hydrogens is 213 g/mol. The molecule has 10 heavy (non-hydrogen) atoms. The standard InChI is InChI=1S/C6H7NOSSe/c1-10-4-2-3-9-5(4)6(7)8/h2-3H,1H3,(H2,7,8). The summed E-state index contributed by atoms with van der Waals surface area (Å²) < 4.78 is 1.12. The third kappa shape index (κ3) is 1.40. The van der Waals surface area contributed by atoms with Crippen LogP contribution in [0, 0.1) is 0 Å². The van der Waals surface area contributed by atoms with E-state index in [1.54, 1.807) is 0 Å². The van der Waals surface area contributed by atoms with Gasteiger partial charge in [0.15, 0.2) is 0 Å². The van der Waals surface area contributed by atoms with Gasteiger partial charge in [-0.05, 0) is 0 Å². The van der Waals surface area contributed by atoms with Gasteiger partial charge >= 0.3 is 69.3 Å². The molecular formula is C6H7NOSSe. The summed E-state index contributed by atoms with van der Waals surface area (Å²) in [6.07, 6.45) is 0. The first kappa shape index (κ1) is 7.79. The molecule has 0 unspecified atom stereocenters.